The van der Waals surface area contributed by atoms with Crippen molar-refractivity contribution in [2.24, 2.45) is 0 Å². The van der Waals surface area contributed by atoms with Crippen LogP contribution in [0.15, 0.2) is 24.3 Å². The second-order valence-electron chi connectivity index (χ2n) is 6.60. The minimum absolute atomic E-state index is 0.0468. The Morgan fingerprint density at radius 3 is 2.27 bits per heavy atom. The fourth-order valence-corrected chi connectivity index (χ4v) is 2.03. The lowest BCUT2D eigenvalue weighted by molar-refractivity contribution is -0.141. The summed E-state index contributed by atoms with van der Waals surface area (Å²) in [5, 5.41) is 14.6. The Labute approximate surface area is 152 Å². The molecule has 1 rings (SSSR count). The zero-order valence-corrected chi connectivity index (χ0v) is 15.5. The van der Waals surface area contributed by atoms with Crippen molar-refractivity contribution in [1.82, 2.24) is 5.32 Å². The van der Waals surface area contributed by atoms with Gasteiger partial charge in [-0.1, -0.05) is 12.1 Å². The standard InChI is InChI=1S/C18H26N2O6/c1-5-25-15(21)11-19-13-8-6-12(7-9-13)10-14(16(22)23)20-17(24)26-18(2,3)4/h6-9,14,19H,5,10-11H2,1-4H3,(H,20,24)(H,22,23)/t14-/m0/s1. The Morgan fingerprint density at radius 1 is 1.15 bits per heavy atom. The molecule has 0 spiro atoms. The highest BCUT2D eigenvalue weighted by Gasteiger charge is 2.24. The number of carboxylic acid groups (broad SMARTS) is 1. The van der Waals surface area contributed by atoms with Gasteiger partial charge in [-0.3, -0.25) is 4.79 Å². The van der Waals surface area contributed by atoms with Gasteiger partial charge in [0.2, 0.25) is 0 Å². The van der Waals surface area contributed by atoms with Crippen molar-refractivity contribution in [2.75, 3.05) is 18.5 Å². The van der Waals surface area contributed by atoms with Gasteiger partial charge in [-0.2, -0.15) is 0 Å². The van der Waals surface area contributed by atoms with Crippen LogP contribution in [-0.2, 0) is 25.5 Å². The fraction of sp³-hybridized carbons (Fsp3) is 0.500. The van der Waals surface area contributed by atoms with E-state index in [-0.39, 0.29) is 18.9 Å². The van der Waals surface area contributed by atoms with Crippen molar-refractivity contribution < 1.29 is 29.0 Å². The van der Waals surface area contributed by atoms with Crippen LogP contribution in [0.4, 0.5) is 10.5 Å². The van der Waals surface area contributed by atoms with E-state index < -0.39 is 23.7 Å². The van der Waals surface area contributed by atoms with E-state index in [1.807, 2.05) is 0 Å². The second-order valence-corrected chi connectivity index (χ2v) is 6.60. The summed E-state index contributed by atoms with van der Waals surface area (Å²) >= 11 is 0. The van der Waals surface area contributed by atoms with E-state index in [0.717, 1.165) is 5.56 Å². The molecule has 1 aromatic carbocycles. The smallest absolute Gasteiger partial charge is 0.408 e. The van der Waals surface area contributed by atoms with Gasteiger partial charge in [-0.25, -0.2) is 9.59 Å². The summed E-state index contributed by atoms with van der Waals surface area (Å²) in [5.41, 5.74) is 0.711. The van der Waals surface area contributed by atoms with E-state index in [4.69, 9.17) is 9.47 Å². The van der Waals surface area contributed by atoms with Gasteiger partial charge in [0.05, 0.1) is 6.61 Å². The Bertz CT molecular complexity index is 622. The van der Waals surface area contributed by atoms with Crippen LogP contribution in [0.25, 0.3) is 0 Å². The number of hydrogen-bond donors (Lipinski definition) is 3. The highest BCUT2D eigenvalue weighted by molar-refractivity contribution is 5.80. The third-order valence-corrected chi connectivity index (χ3v) is 3.12. The molecule has 1 amide bonds. The summed E-state index contributed by atoms with van der Waals surface area (Å²) in [5.74, 6) is -1.51. The number of aliphatic carboxylic acids is 1. The number of rotatable bonds is 8. The molecule has 3 N–H and O–H groups in total. The molecule has 0 aliphatic heterocycles. The highest BCUT2D eigenvalue weighted by Crippen LogP contribution is 2.12. The van der Waals surface area contributed by atoms with E-state index >= 15 is 0 Å². The summed E-state index contributed by atoms with van der Waals surface area (Å²) in [6, 6.07) is 5.78. The molecule has 0 aliphatic rings. The normalized spacial score (nSPS) is 12.0. The predicted molar refractivity (Wildman–Crippen MR) is 96.1 cm³/mol. The lowest BCUT2D eigenvalue weighted by Gasteiger charge is -2.22. The van der Waals surface area contributed by atoms with Gasteiger partial charge in [0.15, 0.2) is 0 Å². The van der Waals surface area contributed by atoms with Crippen molar-refractivity contribution in [1.29, 1.82) is 0 Å². The number of carbonyl (C=O) groups is 3. The first-order valence-corrected chi connectivity index (χ1v) is 8.31. The van der Waals surface area contributed by atoms with Crippen LogP contribution in [0, 0.1) is 0 Å². The number of amides is 1. The average Bonchev–Trinajstić information content (AvgIpc) is 2.52. The summed E-state index contributed by atoms with van der Waals surface area (Å²) < 4.78 is 9.90. The first kappa shape index (κ1) is 21.3. The van der Waals surface area contributed by atoms with Crippen LogP contribution >= 0.6 is 0 Å². The predicted octanol–water partition coefficient (Wildman–Crippen LogP) is 2.18. The quantitative estimate of drug-likeness (QED) is 0.604. The summed E-state index contributed by atoms with van der Waals surface area (Å²) in [7, 11) is 0. The van der Waals surface area contributed by atoms with Gasteiger partial charge in [0.25, 0.3) is 0 Å². The van der Waals surface area contributed by atoms with Crippen molar-refractivity contribution >= 4 is 23.7 Å². The zero-order valence-electron chi connectivity index (χ0n) is 15.5. The summed E-state index contributed by atoms with van der Waals surface area (Å²) in [6.45, 7) is 7.20. The number of carboxylic acids is 1. The third-order valence-electron chi connectivity index (χ3n) is 3.12. The molecule has 0 radical (unpaired) electrons. The van der Waals surface area contributed by atoms with Crippen LogP contribution in [0.5, 0.6) is 0 Å². The van der Waals surface area contributed by atoms with Crippen molar-refractivity contribution in [3.05, 3.63) is 29.8 Å². The van der Waals surface area contributed by atoms with Gasteiger partial charge >= 0.3 is 18.0 Å². The van der Waals surface area contributed by atoms with E-state index in [2.05, 4.69) is 10.6 Å². The van der Waals surface area contributed by atoms with Gasteiger partial charge in [-0.05, 0) is 45.4 Å². The van der Waals surface area contributed by atoms with E-state index in [1.165, 1.54) is 0 Å². The summed E-state index contributed by atoms with van der Waals surface area (Å²) in [6.07, 6.45) is -0.676. The number of benzene rings is 1. The number of hydrogen-bond acceptors (Lipinski definition) is 6. The second kappa shape index (κ2) is 9.65. The Hall–Kier alpha value is -2.77. The Kier molecular flexibility index (Phi) is 7.89. The van der Waals surface area contributed by atoms with E-state index in [0.29, 0.717) is 12.3 Å². The number of carbonyl (C=O) groups excluding carboxylic acids is 2. The first-order valence-electron chi connectivity index (χ1n) is 8.31. The van der Waals surface area contributed by atoms with Crippen LogP contribution in [0.1, 0.15) is 33.3 Å². The van der Waals surface area contributed by atoms with Gasteiger partial charge < -0.3 is 25.2 Å². The van der Waals surface area contributed by atoms with E-state index in [1.54, 1.807) is 52.0 Å². The van der Waals surface area contributed by atoms with E-state index in [9.17, 15) is 19.5 Å². The molecule has 144 valence electrons. The number of esters is 1. The lowest BCUT2D eigenvalue weighted by Crippen LogP contribution is -2.44. The van der Waals surface area contributed by atoms with Crippen molar-refractivity contribution in [2.45, 2.75) is 45.8 Å². The molecule has 26 heavy (non-hydrogen) atoms. The molecule has 8 nitrogen and oxygen atoms in total. The molecule has 0 unspecified atom stereocenters. The number of anilines is 1. The van der Waals surface area contributed by atoms with Gasteiger partial charge in [-0.15, -0.1) is 0 Å². The molecule has 0 bridgehead atoms. The minimum atomic E-state index is -1.15. The lowest BCUT2D eigenvalue weighted by atomic mass is 10.1. The number of nitrogens with one attached hydrogen (secondary N) is 2. The monoisotopic (exact) mass is 366 g/mol. The number of ether oxygens (including phenoxy) is 2. The molecule has 0 aliphatic carbocycles. The zero-order chi connectivity index (χ0) is 19.7. The highest BCUT2D eigenvalue weighted by atomic mass is 16.6. The molecule has 0 fully saturated rings. The van der Waals surface area contributed by atoms with Crippen LogP contribution in [-0.4, -0.2) is 47.9 Å². The Morgan fingerprint density at radius 2 is 1.77 bits per heavy atom. The molecule has 0 aromatic heterocycles. The third kappa shape index (κ3) is 8.36. The van der Waals surface area contributed by atoms with Crippen molar-refractivity contribution in [3.63, 3.8) is 0 Å². The average molecular weight is 366 g/mol. The van der Waals surface area contributed by atoms with Crippen LogP contribution in [0.2, 0.25) is 0 Å². The number of alkyl carbamates (subject to hydrolysis) is 1. The molecule has 1 atom stereocenters. The molecule has 1 aromatic rings. The maximum absolute atomic E-state index is 11.8. The Balaban J connectivity index is 2.62. The molecule has 0 saturated carbocycles. The topological polar surface area (TPSA) is 114 Å². The van der Waals surface area contributed by atoms with Gasteiger partial charge in [0, 0.05) is 12.1 Å². The molecule has 8 heteroatoms. The molecular weight excluding hydrogens is 340 g/mol. The van der Waals surface area contributed by atoms with Gasteiger partial charge in [0.1, 0.15) is 18.2 Å². The van der Waals surface area contributed by atoms with Crippen LogP contribution < -0.4 is 10.6 Å². The largest absolute Gasteiger partial charge is 0.480 e. The summed E-state index contributed by atoms with van der Waals surface area (Å²) in [4.78, 5) is 34.4. The maximum Gasteiger partial charge on any atom is 0.408 e. The molecule has 0 saturated heterocycles. The molecular formula is C18H26N2O6. The van der Waals surface area contributed by atoms with Crippen molar-refractivity contribution in [3.8, 4) is 0 Å². The minimum Gasteiger partial charge on any atom is -0.480 e. The fourth-order valence-electron chi connectivity index (χ4n) is 2.03. The SMILES string of the molecule is CCOC(=O)CNc1ccc(C[C@H](NC(=O)OC(C)(C)C)C(=O)O)cc1. The van der Waals surface area contributed by atoms with Crippen LogP contribution in [0.3, 0.4) is 0 Å². The first-order chi connectivity index (χ1) is 12.1. The maximum atomic E-state index is 11.8. The molecule has 0 heterocycles.